The number of hydrogen-bond acceptors (Lipinski definition) is 4. The summed E-state index contributed by atoms with van der Waals surface area (Å²) >= 11 is 8.76. The fourth-order valence-electron chi connectivity index (χ4n) is 3.07. The Morgan fingerprint density at radius 3 is 2.39 bits per heavy atom. The maximum atomic E-state index is 12.7. The normalized spacial score (nSPS) is 10.4. The number of halogens is 1. The fourth-order valence-corrected chi connectivity index (χ4v) is 3.84. The molecule has 0 fully saturated rings. The predicted molar refractivity (Wildman–Crippen MR) is 124 cm³/mol. The highest BCUT2D eigenvalue weighted by molar-refractivity contribution is 9.10. The van der Waals surface area contributed by atoms with Crippen LogP contribution in [0.3, 0.4) is 0 Å². The first kappa shape index (κ1) is 22.2. The molecule has 1 amide bonds. The largest absolute Gasteiger partial charge is 0.496 e. The van der Waals surface area contributed by atoms with Gasteiger partial charge < -0.3 is 15.0 Å². The second kappa shape index (κ2) is 9.89. The standard InChI is InChI=1S/C21H26BrN3O2S/c1-6-25(7-2)16-8-9-18(13(3)11-16)23-21(28)24-20(26)17-12-15(22)10-14(4)19(17)27-5/h8-12H,6-7H2,1-5H3,(H2,23,24,26,28). The molecular formula is C21H26BrN3O2S. The molecule has 2 N–H and O–H groups in total. The van der Waals surface area contributed by atoms with Gasteiger partial charge >= 0.3 is 0 Å². The molecule has 28 heavy (non-hydrogen) atoms. The number of carbonyl (C=O) groups is 1. The number of rotatable bonds is 6. The summed E-state index contributed by atoms with van der Waals surface area (Å²) in [5, 5.41) is 6.08. The van der Waals surface area contributed by atoms with Gasteiger partial charge in [0.2, 0.25) is 0 Å². The van der Waals surface area contributed by atoms with E-state index in [1.165, 1.54) is 0 Å². The Bertz CT molecular complexity index is 882. The number of hydrogen-bond donors (Lipinski definition) is 2. The molecule has 7 heteroatoms. The minimum absolute atomic E-state index is 0.239. The van der Waals surface area contributed by atoms with Crippen molar-refractivity contribution >= 4 is 50.5 Å². The van der Waals surface area contributed by atoms with Gasteiger partial charge in [-0.05, 0) is 81.4 Å². The van der Waals surface area contributed by atoms with Gasteiger partial charge in [0.15, 0.2) is 5.11 Å². The van der Waals surface area contributed by atoms with E-state index in [1.807, 2.05) is 32.0 Å². The van der Waals surface area contributed by atoms with Crippen LogP contribution in [-0.2, 0) is 0 Å². The monoisotopic (exact) mass is 463 g/mol. The number of nitrogens with zero attached hydrogens (tertiary/aromatic N) is 1. The lowest BCUT2D eigenvalue weighted by atomic mass is 10.1. The van der Waals surface area contributed by atoms with Crippen molar-refractivity contribution in [3.8, 4) is 5.75 Å². The highest BCUT2D eigenvalue weighted by Gasteiger charge is 2.17. The van der Waals surface area contributed by atoms with Gasteiger partial charge in [0.25, 0.3) is 5.91 Å². The van der Waals surface area contributed by atoms with Crippen LogP contribution in [0.5, 0.6) is 5.75 Å². The molecule has 0 aliphatic carbocycles. The van der Waals surface area contributed by atoms with Gasteiger partial charge in [-0.15, -0.1) is 0 Å². The van der Waals surface area contributed by atoms with Crippen molar-refractivity contribution in [3.05, 3.63) is 51.5 Å². The van der Waals surface area contributed by atoms with E-state index in [1.54, 1.807) is 13.2 Å². The zero-order valence-corrected chi connectivity index (χ0v) is 19.3. The summed E-state index contributed by atoms with van der Waals surface area (Å²) in [5.41, 5.74) is 4.36. The van der Waals surface area contributed by atoms with Crippen molar-refractivity contribution in [1.29, 1.82) is 0 Å². The molecule has 0 saturated carbocycles. The lowest BCUT2D eigenvalue weighted by molar-refractivity contribution is 0.0974. The number of anilines is 2. The summed E-state index contributed by atoms with van der Waals surface area (Å²) in [5.74, 6) is 0.208. The number of ether oxygens (including phenoxy) is 1. The van der Waals surface area contributed by atoms with Gasteiger partial charge in [-0.25, -0.2) is 0 Å². The molecule has 2 aromatic carbocycles. The smallest absolute Gasteiger partial charge is 0.261 e. The Kier molecular flexibility index (Phi) is 7.83. The molecule has 0 unspecified atom stereocenters. The van der Waals surface area contributed by atoms with Crippen molar-refractivity contribution in [1.82, 2.24) is 5.32 Å². The number of carbonyl (C=O) groups excluding carboxylic acids is 1. The third-order valence-corrected chi connectivity index (χ3v) is 5.16. The van der Waals surface area contributed by atoms with E-state index in [9.17, 15) is 4.79 Å². The molecule has 2 aromatic rings. The molecule has 0 bridgehead atoms. The van der Waals surface area contributed by atoms with Gasteiger partial charge in [0, 0.05) is 28.9 Å². The minimum Gasteiger partial charge on any atom is -0.496 e. The van der Waals surface area contributed by atoms with Crippen LogP contribution < -0.4 is 20.3 Å². The minimum atomic E-state index is -0.323. The Hall–Kier alpha value is -2.12. The Morgan fingerprint density at radius 2 is 1.82 bits per heavy atom. The van der Waals surface area contributed by atoms with Crippen LogP contribution in [-0.4, -0.2) is 31.2 Å². The number of thiocarbonyl (C=S) groups is 1. The lowest BCUT2D eigenvalue weighted by Gasteiger charge is -2.22. The molecule has 0 aromatic heterocycles. The highest BCUT2D eigenvalue weighted by Crippen LogP contribution is 2.28. The maximum Gasteiger partial charge on any atom is 0.261 e. The summed E-state index contributed by atoms with van der Waals surface area (Å²) < 4.78 is 6.18. The molecule has 0 aliphatic rings. The average molecular weight is 464 g/mol. The Morgan fingerprint density at radius 1 is 1.14 bits per heavy atom. The summed E-state index contributed by atoms with van der Waals surface area (Å²) in [6.07, 6.45) is 0. The van der Waals surface area contributed by atoms with Crippen molar-refractivity contribution in [3.63, 3.8) is 0 Å². The first-order chi connectivity index (χ1) is 13.3. The third kappa shape index (κ3) is 5.23. The van der Waals surface area contributed by atoms with Crippen LogP contribution in [0.15, 0.2) is 34.8 Å². The van der Waals surface area contributed by atoms with Crippen LogP contribution in [0.1, 0.15) is 35.3 Å². The van der Waals surface area contributed by atoms with Crippen molar-refractivity contribution in [2.45, 2.75) is 27.7 Å². The molecule has 2 rings (SSSR count). The summed E-state index contributed by atoms with van der Waals surface area (Å²) in [7, 11) is 1.55. The molecule has 0 spiro atoms. The fraction of sp³-hybridized carbons (Fsp3) is 0.333. The summed E-state index contributed by atoms with van der Waals surface area (Å²) in [4.78, 5) is 15.0. The van der Waals surface area contributed by atoms with Crippen molar-refractivity contribution < 1.29 is 9.53 Å². The van der Waals surface area contributed by atoms with Crippen LogP contribution in [0.2, 0.25) is 0 Å². The number of aryl methyl sites for hydroxylation is 2. The van der Waals surface area contributed by atoms with Gasteiger partial charge in [-0.1, -0.05) is 15.9 Å². The maximum absolute atomic E-state index is 12.7. The molecule has 150 valence electrons. The number of amides is 1. The number of methoxy groups -OCH3 is 1. The second-order valence-electron chi connectivity index (χ2n) is 6.38. The molecule has 0 saturated heterocycles. The van der Waals surface area contributed by atoms with Crippen molar-refractivity contribution in [2.24, 2.45) is 0 Å². The van der Waals surface area contributed by atoms with Crippen LogP contribution in [0.25, 0.3) is 0 Å². The van der Waals surface area contributed by atoms with E-state index in [2.05, 4.69) is 51.4 Å². The summed E-state index contributed by atoms with van der Waals surface area (Å²) in [6.45, 7) is 10.1. The topological polar surface area (TPSA) is 53.6 Å². The molecule has 5 nitrogen and oxygen atoms in total. The SMILES string of the molecule is CCN(CC)c1ccc(NC(=S)NC(=O)c2cc(Br)cc(C)c2OC)c(C)c1. The average Bonchev–Trinajstić information content (AvgIpc) is 2.64. The van der Waals surface area contributed by atoms with E-state index in [0.717, 1.165) is 40.1 Å². The van der Waals surface area contributed by atoms with Crippen molar-refractivity contribution in [2.75, 3.05) is 30.4 Å². The number of nitrogens with one attached hydrogen (secondary N) is 2. The highest BCUT2D eigenvalue weighted by atomic mass is 79.9. The predicted octanol–water partition coefficient (Wildman–Crippen LogP) is 5.05. The lowest BCUT2D eigenvalue weighted by Crippen LogP contribution is -2.34. The molecule has 0 atom stereocenters. The first-order valence-electron chi connectivity index (χ1n) is 9.12. The van der Waals surface area contributed by atoms with E-state index in [4.69, 9.17) is 17.0 Å². The molecular weight excluding hydrogens is 438 g/mol. The van der Waals surface area contributed by atoms with E-state index in [0.29, 0.717) is 11.3 Å². The first-order valence-corrected chi connectivity index (χ1v) is 10.3. The Labute approximate surface area is 180 Å². The zero-order chi connectivity index (χ0) is 20.8. The molecule has 0 heterocycles. The van der Waals surface area contributed by atoms with Gasteiger partial charge in [-0.3, -0.25) is 10.1 Å². The van der Waals surface area contributed by atoms with Crippen LogP contribution >= 0.6 is 28.1 Å². The zero-order valence-electron chi connectivity index (χ0n) is 16.9. The quantitative estimate of drug-likeness (QED) is 0.587. The third-order valence-electron chi connectivity index (χ3n) is 4.50. The second-order valence-corrected chi connectivity index (χ2v) is 7.71. The van der Waals surface area contributed by atoms with E-state index < -0.39 is 0 Å². The summed E-state index contributed by atoms with van der Waals surface area (Å²) in [6, 6.07) is 9.75. The van der Waals surface area contributed by atoms with Gasteiger partial charge in [-0.2, -0.15) is 0 Å². The Balaban J connectivity index is 2.13. The molecule has 0 aliphatic heterocycles. The van der Waals surface area contributed by atoms with Gasteiger partial charge in [0.1, 0.15) is 5.75 Å². The number of benzene rings is 2. The van der Waals surface area contributed by atoms with Crippen LogP contribution in [0, 0.1) is 13.8 Å². The van der Waals surface area contributed by atoms with E-state index in [-0.39, 0.29) is 11.0 Å². The van der Waals surface area contributed by atoms with Gasteiger partial charge in [0.05, 0.1) is 12.7 Å². The van der Waals surface area contributed by atoms with Crippen LogP contribution in [0.4, 0.5) is 11.4 Å². The van der Waals surface area contributed by atoms with E-state index >= 15 is 0 Å². The molecule has 0 radical (unpaired) electrons.